The van der Waals surface area contributed by atoms with Crippen molar-refractivity contribution in [3.63, 3.8) is 0 Å². The number of piperazine rings is 1. The van der Waals surface area contributed by atoms with Crippen molar-refractivity contribution in [2.45, 2.75) is 53.0 Å². The normalized spacial score (nSPS) is 19.0. The number of nitrogens with zero attached hydrogens (tertiary/aromatic N) is 4. The lowest BCUT2D eigenvalue weighted by Crippen LogP contribution is -2.53. The van der Waals surface area contributed by atoms with Crippen LogP contribution < -0.4 is 4.90 Å². The van der Waals surface area contributed by atoms with Crippen LogP contribution in [0.25, 0.3) is 0 Å². The van der Waals surface area contributed by atoms with Gasteiger partial charge in [-0.1, -0.05) is 25.5 Å². The summed E-state index contributed by atoms with van der Waals surface area (Å²) in [6, 6.07) is 2.44. The Morgan fingerprint density at radius 2 is 2.08 bits per heavy atom. The average molecular weight is 332 g/mol. The number of allylic oxidation sites excluding steroid dienone is 1. The van der Waals surface area contributed by atoms with Gasteiger partial charge in [0.2, 0.25) is 0 Å². The third-order valence-electron chi connectivity index (χ3n) is 4.50. The predicted molar refractivity (Wildman–Crippen MR) is 99.6 cm³/mol. The Morgan fingerprint density at radius 1 is 1.33 bits per heavy atom. The number of aryl methyl sites for hydroxylation is 1. The summed E-state index contributed by atoms with van der Waals surface area (Å²) in [7, 11) is 0. The van der Waals surface area contributed by atoms with Crippen molar-refractivity contribution in [2.24, 2.45) is 0 Å². The largest absolute Gasteiger partial charge is 0.396 e. The lowest BCUT2D eigenvalue weighted by Gasteiger charge is -2.41. The van der Waals surface area contributed by atoms with Crippen molar-refractivity contribution < 1.29 is 5.11 Å². The Morgan fingerprint density at radius 3 is 2.71 bits per heavy atom. The number of aromatic nitrogens is 2. The third-order valence-corrected chi connectivity index (χ3v) is 4.50. The van der Waals surface area contributed by atoms with Gasteiger partial charge < -0.3 is 10.0 Å². The Bertz CT molecular complexity index is 566. The number of hydrogen-bond acceptors (Lipinski definition) is 5. The maximum atomic E-state index is 9.45. The lowest BCUT2D eigenvalue weighted by atomic mass is 10.1. The monoisotopic (exact) mass is 332 g/mol. The number of anilines is 1. The van der Waals surface area contributed by atoms with E-state index in [-0.39, 0.29) is 6.61 Å². The summed E-state index contributed by atoms with van der Waals surface area (Å²) in [6.45, 7) is 14.6. The van der Waals surface area contributed by atoms with Crippen molar-refractivity contribution in [3.8, 4) is 0 Å². The first-order valence-corrected chi connectivity index (χ1v) is 8.99. The molecule has 24 heavy (non-hydrogen) atoms. The summed E-state index contributed by atoms with van der Waals surface area (Å²) < 4.78 is 0. The van der Waals surface area contributed by atoms with E-state index in [0.29, 0.717) is 12.0 Å². The highest BCUT2D eigenvalue weighted by Crippen LogP contribution is 2.21. The molecule has 1 N–H and O–H groups in total. The quantitative estimate of drug-likeness (QED) is 0.812. The van der Waals surface area contributed by atoms with E-state index >= 15 is 0 Å². The van der Waals surface area contributed by atoms with Gasteiger partial charge >= 0.3 is 0 Å². The van der Waals surface area contributed by atoms with Crippen molar-refractivity contribution in [3.05, 3.63) is 29.2 Å². The SMILES string of the molecule is CC(C)=CCN1CCN(c2cc(C)nc(C(C)C)n2)C[C@H]1CCO. The minimum Gasteiger partial charge on any atom is -0.396 e. The third kappa shape index (κ3) is 5.02. The zero-order valence-corrected chi connectivity index (χ0v) is 15.8. The zero-order valence-electron chi connectivity index (χ0n) is 15.8. The summed E-state index contributed by atoms with van der Waals surface area (Å²) in [5.41, 5.74) is 2.36. The van der Waals surface area contributed by atoms with Gasteiger partial charge in [0.05, 0.1) is 0 Å². The highest BCUT2D eigenvalue weighted by molar-refractivity contribution is 5.41. The molecule has 0 aromatic carbocycles. The molecule has 0 amide bonds. The zero-order chi connectivity index (χ0) is 17.7. The van der Waals surface area contributed by atoms with E-state index in [9.17, 15) is 5.11 Å². The second-order valence-electron chi connectivity index (χ2n) is 7.27. The standard InChI is InChI=1S/C19H32N4O/c1-14(2)6-8-22-9-10-23(13-17(22)7-11-24)18-12-16(5)20-19(21-18)15(3)4/h6,12,15,17,24H,7-11,13H2,1-5H3/t17-/m1/s1. The van der Waals surface area contributed by atoms with Crippen LogP contribution in [0.3, 0.4) is 0 Å². The first-order valence-electron chi connectivity index (χ1n) is 8.99. The van der Waals surface area contributed by atoms with Crippen molar-refractivity contribution in [1.82, 2.24) is 14.9 Å². The number of hydrogen-bond donors (Lipinski definition) is 1. The Kier molecular flexibility index (Phi) is 6.75. The number of rotatable bonds is 6. The molecule has 0 saturated carbocycles. The first-order chi connectivity index (χ1) is 11.4. The van der Waals surface area contributed by atoms with Gasteiger partial charge in [0.25, 0.3) is 0 Å². The van der Waals surface area contributed by atoms with Gasteiger partial charge in [0.1, 0.15) is 11.6 Å². The topological polar surface area (TPSA) is 52.5 Å². The molecule has 0 bridgehead atoms. The minimum atomic E-state index is 0.226. The van der Waals surface area contributed by atoms with Gasteiger partial charge in [-0.3, -0.25) is 4.90 Å². The van der Waals surface area contributed by atoms with Crippen LogP contribution in [0.5, 0.6) is 0 Å². The second-order valence-corrected chi connectivity index (χ2v) is 7.27. The van der Waals surface area contributed by atoms with E-state index in [1.807, 2.05) is 6.92 Å². The molecule has 1 aliphatic heterocycles. The van der Waals surface area contributed by atoms with Crippen LogP contribution in [-0.2, 0) is 0 Å². The Labute approximate surface area is 146 Å². The molecule has 1 aromatic heterocycles. The number of aliphatic hydroxyl groups excluding tert-OH is 1. The summed E-state index contributed by atoms with van der Waals surface area (Å²) in [5.74, 6) is 2.27. The van der Waals surface area contributed by atoms with Crippen LogP contribution in [0, 0.1) is 6.92 Å². The Balaban J connectivity index is 2.15. The van der Waals surface area contributed by atoms with Gasteiger partial charge in [-0.2, -0.15) is 0 Å². The smallest absolute Gasteiger partial charge is 0.133 e. The van der Waals surface area contributed by atoms with Crippen molar-refractivity contribution in [1.29, 1.82) is 0 Å². The summed E-state index contributed by atoms with van der Waals surface area (Å²) in [6.07, 6.45) is 3.07. The van der Waals surface area contributed by atoms with E-state index in [4.69, 9.17) is 4.98 Å². The van der Waals surface area contributed by atoms with Crippen LogP contribution in [0.2, 0.25) is 0 Å². The molecule has 2 rings (SSSR count). The molecule has 5 nitrogen and oxygen atoms in total. The van der Waals surface area contributed by atoms with Gasteiger partial charge in [-0.25, -0.2) is 9.97 Å². The highest BCUT2D eigenvalue weighted by atomic mass is 16.3. The van der Waals surface area contributed by atoms with E-state index in [2.05, 4.69) is 54.6 Å². The molecule has 1 atom stereocenters. The fourth-order valence-electron chi connectivity index (χ4n) is 3.06. The van der Waals surface area contributed by atoms with Gasteiger partial charge in [0, 0.05) is 56.5 Å². The molecule has 0 radical (unpaired) electrons. The molecule has 2 heterocycles. The molecule has 1 saturated heterocycles. The van der Waals surface area contributed by atoms with Crippen LogP contribution in [-0.4, -0.2) is 58.8 Å². The highest BCUT2D eigenvalue weighted by Gasteiger charge is 2.27. The fraction of sp³-hybridized carbons (Fsp3) is 0.684. The van der Waals surface area contributed by atoms with E-state index in [0.717, 1.165) is 49.9 Å². The molecule has 0 aliphatic carbocycles. The minimum absolute atomic E-state index is 0.226. The molecule has 1 aromatic rings. The van der Waals surface area contributed by atoms with Gasteiger partial charge in [-0.15, -0.1) is 0 Å². The maximum Gasteiger partial charge on any atom is 0.133 e. The molecule has 0 unspecified atom stereocenters. The summed E-state index contributed by atoms with van der Waals surface area (Å²) in [4.78, 5) is 14.1. The van der Waals surface area contributed by atoms with Gasteiger partial charge in [0.15, 0.2) is 0 Å². The molecular weight excluding hydrogens is 300 g/mol. The van der Waals surface area contributed by atoms with Crippen LogP contribution in [0.1, 0.15) is 51.6 Å². The molecule has 5 heteroatoms. The lowest BCUT2D eigenvalue weighted by molar-refractivity contribution is 0.155. The molecular formula is C19H32N4O. The Hall–Kier alpha value is -1.46. The van der Waals surface area contributed by atoms with Crippen molar-refractivity contribution >= 4 is 5.82 Å². The van der Waals surface area contributed by atoms with Gasteiger partial charge in [-0.05, 0) is 27.2 Å². The van der Waals surface area contributed by atoms with E-state index in [1.165, 1.54) is 5.57 Å². The summed E-state index contributed by atoms with van der Waals surface area (Å²) in [5, 5.41) is 9.45. The van der Waals surface area contributed by atoms with Crippen LogP contribution in [0.15, 0.2) is 17.7 Å². The second kappa shape index (κ2) is 8.58. The molecule has 0 spiro atoms. The molecule has 1 aliphatic rings. The van der Waals surface area contributed by atoms with E-state index < -0.39 is 0 Å². The van der Waals surface area contributed by atoms with Crippen molar-refractivity contribution in [2.75, 3.05) is 37.7 Å². The maximum absolute atomic E-state index is 9.45. The fourth-order valence-corrected chi connectivity index (χ4v) is 3.06. The molecule has 134 valence electrons. The predicted octanol–water partition coefficient (Wildman–Crippen LogP) is 2.75. The average Bonchev–Trinajstić information content (AvgIpc) is 2.53. The number of aliphatic hydroxyl groups is 1. The van der Waals surface area contributed by atoms with Crippen LogP contribution in [0.4, 0.5) is 5.82 Å². The molecule has 1 fully saturated rings. The van der Waals surface area contributed by atoms with E-state index in [1.54, 1.807) is 0 Å². The van der Waals surface area contributed by atoms with Crippen LogP contribution >= 0.6 is 0 Å². The summed E-state index contributed by atoms with van der Waals surface area (Å²) >= 11 is 0. The first kappa shape index (κ1) is 18.9.